The normalized spacial score (nSPS) is 15.3. The fourth-order valence-corrected chi connectivity index (χ4v) is 3.15. The van der Waals surface area contributed by atoms with Gasteiger partial charge >= 0.3 is 0 Å². The Hall–Kier alpha value is -1.18. The summed E-state index contributed by atoms with van der Waals surface area (Å²) in [6.45, 7) is 2.87. The van der Waals surface area contributed by atoms with E-state index in [4.69, 9.17) is 27.9 Å². The predicted molar refractivity (Wildman–Crippen MR) is 84.1 cm³/mol. The summed E-state index contributed by atoms with van der Waals surface area (Å²) in [6, 6.07) is 12.1. The minimum Gasteiger partial charge on any atom is -0.493 e. The highest BCUT2D eigenvalue weighted by atomic mass is 35.5. The average molecular weight is 307 g/mol. The number of hydrogen-bond donors (Lipinski definition) is 0. The molecule has 0 aromatic heterocycles. The number of rotatable bonds is 2. The lowest BCUT2D eigenvalue weighted by molar-refractivity contribution is 0.288. The number of fused-ring (bicyclic) bond motifs is 1. The van der Waals surface area contributed by atoms with Gasteiger partial charge < -0.3 is 4.74 Å². The van der Waals surface area contributed by atoms with Crippen LogP contribution in [0.15, 0.2) is 36.4 Å². The molecular formula is C17H16Cl2O. The molecule has 0 N–H and O–H groups in total. The van der Waals surface area contributed by atoms with Crippen LogP contribution in [-0.4, -0.2) is 6.61 Å². The van der Waals surface area contributed by atoms with E-state index in [-0.39, 0.29) is 5.38 Å². The summed E-state index contributed by atoms with van der Waals surface area (Å²) in [4.78, 5) is 0. The van der Waals surface area contributed by atoms with Crippen LogP contribution in [0.2, 0.25) is 5.02 Å². The summed E-state index contributed by atoms with van der Waals surface area (Å²) in [5.74, 6) is 0.992. The SMILES string of the molecule is Cc1ccc(Cl)cc1C(Cl)c1ccc2c(c1)CCCO2. The fourth-order valence-electron chi connectivity index (χ4n) is 2.60. The molecule has 0 aliphatic carbocycles. The molecule has 0 fully saturated rings. The summed E-state index contributed by atoms with van der Waals surface area (Å²) in [5.41, 5.74) is 4.57. The molecule has 1 nitrogen and oxygen atoms in total. The van der Waals surface area contributed by atoms with Crippen LogP contribution in [0.3, 0.4) is 0 Å². The topological polar surface area (TPSA) is 9.23 Å². The van der Waals surface area contributed by atoms with E-state index in [9.17, 15) is 0 Å². The van der Waals surface area contributed by atoms with Crippen LogP contribution in [0.25, 0.3) is 0 Å². The van der Waals surface area contributed by atoms with Crippen molar-refractivity contribution in [3.63, 3.8) is 0 Å². The lowest BCUT2D eigenvalue weighted by Gasteiger charge is -2.20. The molecule has 2 aromatic rings. The number of halogens is 2. The molecule has 0 radical (unpaired) electrons. The number of hydrogen-bond acceptors (Lipinski definition) is 1. The Morgan fingerprint density at radius 1 is 1.15 bits per heavy atom. The monoisotopic (exact) mass is 306 g/mol. The van der Waals surface area contributed by atoms with Gasteiger partial charge in [0.2, 0.25) is 0 Å². The summed E-state index contributed by atoms with van der Waals surface area (Å²) in [6.07, 6.45) is 2.13. The van der Waals surface area contributed by atoms with Crippen molar-refractivity contribution in [2.75, 3.05) is 6.61 Å². The van der Waals surface area contributed by atoms with E-state index in [1.54, 1.807) is 0 Å². The van der Waals surface area contributed by atoms with Crippen molar-refractivity contribution in [2.24, 2.45) is 0 Å². The molecule has 0 spiro atoms. The second kappa shape index (κ2) is 5.67. The van der Waals surface area contributed by atoms with Crippen molar-refractivity contribution in [3.05, 3.63) is 63.7 Å². The minimum atomic E-state index is -0.180. The van der Waals surface area contributed by atoms with Crippen LogP contribution in [-0.2, 0) is 6.42 Å². The summed E-state index contributed by atoms with van der Waals surface area (Å²) in [5, 5.41) is 0.540. The molecule has 3 rings (SSSR count). The zero-order chi connectivity index (χ0) is 14.1. The highest BCUT2D eigenvalue weighted by Crippen LogP contribution is 2.35. The smallest absolute Gasteiger partial charge is 0.122 e. The average Bonchev–Trinajstić information content (AvgIpc) is 2.48. The number of benzene rings is 2. The van der Waals surface area contributed by atoms with Gasteiger partial charge in [-0.15, -0.1) is 11.6 Å². The van der Waals surface area contributed by atoms with Crippen molar-refractivity contribution in [3.8, 4) is 5.75 Å². The van der Waals surface area contributed by atoms with Crippen molar-refractivity contribution >= 4 is 23.2 Å². The zero-order valence-corrected chi connectivity index (χ0v) is 12.8. The van der Waals surface area contributed by atoms with Gasteiger partial charge in [0, 0.05) is 5.02 Å². The van der Waals surface area contributed by atoms with Crippen molar-refractivity contribution in [1.82, 2.24) is 0 Å². The molecule has 1 aliphatic heterocycles. The number of aryl methyl sites for hydroxylation is 2. The second-order valence-electron chi connectivity index (χ2n) is 5.18. The Morgan fingerprint density at radius 2 is 2.00 bits per heavy atom. The van der Waals surface area contributed by atoms with Crippen LogP contribution in [0.1, 0.15) is 34.1 Å². The van der Waals surface area contributed by atoms with Gasteiger partial charge in [-0.1, -0.05) is 29.8 Å². The lowest BCUT2D eigenvalue weighted by Crippen LogP contribution is -2.09. The van der Waals surface area contributed by atoms with Gasteiger partial charge in [-0.3, -0.25) is 0 Å². The van der Waals surface area contributed by atoms with Crippen molar-refractivity contribution in [1.29, 1.82) is 0 Å². The zero-order valence-electron chi connectivity index (χ0n) is 11.3. The predicted octanol–water partition coefficient (Wildman–Crippen LogP) is 5.30. The molecule has 1 aliphatic rings. The molecule has 1 unspecified atom stereocenters. The molecule has 0 amide bonds. The second-order valence-corrected chi connectivity index (χ2v) is 6.06. The van der Waals surface area contributed by atoms with Gasteiger partial charge in [0.1, 0.15) is 5.75 Å². The first-order valence-corrected chi connectivity index (χ1v) is 7.62. The van der Waals surface area contributed by atoms with Gasteiger partial charge in [-0.25, -0.2) is 0 Å². The van der Waals surface area contributed by atoms with E-state index >= 15 is 0 Å². The van der Waals surface area contributed by atoms with E-state index in [0.29, 0.717) is 0 Å². The van der Waals surface area contributed by atoms with Crippen LogP contribution in [0.4, 0.5) is 0 Å². The molecule has 2 aromatic carbocycles. The Bertz CT molecular complexity index is 637. The van der Waals surface area contributed by atoms with Crippen LogP contribution in [0, 0.1) is 6.92 Å². The van der Waals surface area contributed by atoms with Crippen molar-refractivity contribution < 1.29 is 4.74 Å². The molecule has 1 atom stereocenters. The lowest BCUT2D eigenvalue weighted by atomic mass is 9.96. The molecular weight excluding hydrogens is 291 g/mol. The largest absolute Gasteiger partial charge is 0.493 e. The Kier molecular flexibility index (Phi) is 3.91. The quantitative estimate of drug-likeness (QED) is 0.684. The minimum absolute atomic E-state index is 0.180. The first-order chi connectivity index (χ1) is 9.65. The molecule has 0 saturated carbocycles. The third kappa shape index (κ3) is 2.65. The van der Waals surface area contributed by atoms with E-state index in [2.05, 4.69) is 13.0 Å². The Labute approximate surface area is 129 Å². The standard InChI is InChI=1S/C17H16Cl2O/c1-11-4-6-14(18)10-15(11)17(19)13-5-7-16-12(9-13)3-2-8-20-16/h4-7,9-10,17H,2-3,8H2,1H3. The van der Waals surface area contributed by atoms with Gasteiger partial charge in [0.05, 0.1) is 12.0 Å². The summed E-state index contributed by atoms with van der Waals surface area (Å²) in [7, 11) is 0. The van der Waals surface area contributed by atoms with E-state index in [1.165, 1.54) is 5.56 Å². The van der Waals surface area contributed by atoms with E-state index < -0.39 is 0 Å². The Morgan fingerprint density at radius 3 is 2.85 bits per heavy atom. The van der Waals surface area contributed by atoms with Crippen LogP contribution >= 0.6 is 23.2 Å². The number of ether oxygens (including phenoxy) is 1. The highest BCUT2D eigenvalue weighted by Gasteiger charge is 2.17. The van der Waals surface area contributed by atoms with Gasteiger partial charge in [-0.05, 0) is 60.2 Å². The third-order valence-electron chi connectivity index (χ3n) is 3.74. The molecule has 0 bridgehead atoms. The maximum Gasteiger partial charge on any atom is 0.122 e. The van der Waals surface area contributed by atoms with Gasteiger partial charge in [-0.2, -0.15) is 0 Å². The van der Waals surface area contributed by atoms with Gasteiger partial charge in [0.15, 0.2) is 0 Å². The van der Waals surface area contributed by atoms with Crippen LogP contribution in [0.5, 0.6) is 5.75 Å². The highest BCUT2D eigenvalue weighted by molar-refractivity contribution is 6.31. The molecule has 1 heterocycles. The fraction of sp³-hybridized carbons (Fsp3) is 0.294. The maximum atomic E-state index is 6.65. The van der Waals surface area contributed by atoms with Gasteiger partial charge in [0.25, 0.3) is 0 Å². The van der Waals surface area contributed by atoms with Crippen LogP contribution < -0.4 is 4.74 Å². The maximum absolute atomic E-state index is 6.65. The first kappa shape index (κ1) is 13.8. The van der Waals surface area contributed by atoms with Crippen molar-refractivity contribution in [2.45, 2.75) is 25.1 Å². The van der Waals surface area contributed by atoms with E-state index in [0.717, 1.165) is 46.9 Å². The molecule has 3 heteroatoms. The molecule has 104 valence electrons. The third-order valence-corrected chi connectivity index (χ3v) is 4.46. The summed E-state index contributed by atoms with van der Waals surface area (Å²) >= 11 is 12.7. The molecule has 0 saturated heterocycles. The van der Waals surface area contributed by atoms with E-state index in [1.807, 2.05) is 30.3 Å². The number of alkyl halides is 1. The Balaban J connectivity index is 1.97. The first-order valence-electron chi connectivity index (χ1n) is 6.81. The molecule has 20 heavy (non-hydrogen) atoms. The summed E-state index contributed by atoms with van der Waals surface area (Å²) < 4.78 is 5.64.